The summed E-state index contributed by atoms with van der Waals surface area (Å²) in [5.41, 5.74) is -0.0169. The van der Waals surface area contributed by atoms with E-state index >= 15 is 0 Å². The predicted molar refractivity (Wildman–Crippen MR) is 86.5 cm³/mol. The first-order chi connectivity index (χ1) is 10.3. The Morgan fingerprint density at radius 3 is 2.27 bits per heavy atom. The number of benzene rings is 1. The fourth-order valence-electron chi connectivity index (χ4n) is 1.68. The van der Waals surface area contributed by atoms with Gasteiger partial charge in [-0.3, -0.25) is 4.79 Å². The number of rotatable bonds is 5. The molecule has 0 saturated carbocycles. The van der Waals surface area contributed by atoms with E-state index in [-0.39, 0.29) is 21.8 Å². The van der Waals surface area contributed by atoms with Crippen LogP contribution in [0.4, 0.5) is 19.3 Å². The molecule has 0 aliphatic rings. The second-order valence-electron chi connectivity index (χ2n) is 4.83. The number of amides is 2. The lowest BCUT2D eigenvalue weighted by Gasteiger charge is -2.21. The Kier molecular flexibility index (Phi) is 6.98. The quantitative estimate of drug-likeness (QED) is 0.561. The summed E-state index contributed by atoms with van der Waals surface area (Å²) in [6, 6.07) is 1.15. The molecule has 0 aliphatic heterocycles. The van der Waals surface area contributed by atoms with Gasteiger partial charge in [0.05, 0.1) is 10.2 Å². The van der Waals surface area contributed by atoms with E-state index in [0.29, 0.717) is 0 Å². The highest BCUT2D eigenvalue weighted by atomic mass is 127. The van der Waals surface area contributed by atoms with E-state index in [2.05, 4.69) is 10.6 Å². The van der Waals surface area contributed by atoms with Crippen molar-refractivity contribution in [3.63, 3.8) is 0 Å². The van der Waals surface area contributed by atoms with Crippen molar-refractivity contribution in [2.45, 2.75) is 26.8 Å². The molecule has 122 valence electrons. The Bertz CT molecular complexity index is 544. The topological polar surface area (TPSA) is 67.4 Å². The van der Waals surface area contributed by atoms with Crippen LogP contribution >= 0.6 is 22.6 Å². The van der Waals surface area contributed by atoms with E-state index in [1.165, 1.54) is 22.6 Å². The van der Waals surface area contributed by atoms with E-state index in [4.69, 9.17) is 4.74 Å². The molecule has 0 fully saturated rings. The van der Waals surface area contributed by atoms with Crippen LogP contribution in [0.3, 0.4) is 0 Å². The second-order valence-corrected chi connectivity index (χ2v) is 5.91. The van der Waals surface area contributed by atoms with Crippen LogP contribution in [0.1, 0.15) is 20.8 Å². The van der Waals surface area contributed by atoms with E-state index < -0.39 is 29.7 Å². The normalized spacial score (nSPS) is 12.0. The summed E-state index contributed by atoms with van der Waals surface area (Å²) in [4.78, 5) is 23.6. The molecule has 2 amide bonds. The van der Waals surface area contributed by atoms with Gasteiger partial charge >= 0.3 is 6.09 Å². The van der Waals surface area contributed by atoms with Gasteiger partial charge in [-0.15, -0.1) is 0 Å². The highest BCUT2D eigenvalue weighted by molar-refractivity contribution is 14.1. The fourth-order valence-corrected chi connectivity index (χ4v) is 1.99. The summed E-state index contributed by atoms with van der Waals surface area (Å²) in [7, 11) is 0. The molecule has 1 aromatic rings. The Labute approximate surface area is 140 Å². The van der Waals surface area contributed by atoms with Gasteiger partial charge in [-0.1, -0.05) is 13.8 Å². The van der Waals surface area contributed by atoms with Gasteiger partial charge in [-0.2, -0.15) is 0 Å². The molecule has 22 heavy (non-hydrogen) atoms. The van der Waals surface area contributed by atoms with Crippen LogP contribution in [-0.2, 0) is 9.53 Å². The highest BCUT2D eigenvalue weighted by Crippen LogP contribution is 2.21. The third kappa shape index (κ3) is 5.08. The molecule has 1 aromatic carbocycles. The zero-order valence-electron chi connectivity index (χ0n) is 12.4. The fraction of sp³-hybridized carbons (Fsp3) is 0.429. The first-order valence-corrected chi connectivity index (χ1v) is 7.72. The van der Waals surface area contributed by atoms with Gasteiger partial charge in [0.2, 0.25) is 5.91 Å². The van der Waals surface area contributed by atoms with Crippen molar-refractivity contribution >= 4 is 40.3 Å². The van der Waals surface area contributed by atoms with Crippen LogP contribution in [0, 0.1) is 21.1 Å². The van der Waals surface area contributed by atoms with Crippen molar-refractivity contribution < 1.29 is 23.1 Å². The number of hydrogen-bond acceptors (Lipinski definition) is 3. The number of alkyl carbamates (subject to hydrolysis) is 1. The van der Waals surface area contributed by atoms with Crippen LogP contribution < -0.4 is 10.6 Å². The number of ether oxygens (including phenoxy) is 1. The highest BCUT2D eigenvalue weighted by Gasteiger charge is 2.25. The van der Waals surface area contributed by atoms with E-state index in [0.717, 1.165) is 12.1 Å². The Morgan fingerprint density at radius 2 is 1.82 bits per heavy atom. The summed E-state index contributed by atoms with van der Waals surface area (Å²) >= 11 is 1.53. The minimum Gasteiger partial charge on any atom is -0.450 e. The maximum Gasteiger partial charge on any atom is 0.407 e. The molecule has 1 rings (SSSR count). The van der Waals surface area contributed by atoms with Crippen LogP contribution in [0.5, 0.6) is 0 Å². The maximum atomic E-state index is 13.5. The number of nitrogens with one attached hydrogen (secondary N) is 2. The minimum atomic E-state index is -0.885. The summed E-state index contributed by atoms with van der Waals surface area (Å²) in [6.07, 6.45) is -0.726. The van der Waals surface area contributed by atoms with Gasteiger partial charge < -0.3 is 15.4 Å². The van der Waals surface area contributed by atoms with E-state index in [1.807, 2.05) is 0 Å². The minimum absolute atomic E-state index is 0.0169. The predicted octanol–water partition coefficient (Wildman–Crippen LogP) is 3.28. The molecular formula is C14H17F2IN2O3. The van der Waals surface area contributed by atoms with E-state index in [1.54, 1.807) is 20.8 Å². The van der Waals surface area contributed by atoms with Gasteiger partial charge in [-0.05, 0) is 47.6 Å². The molecule has 0 aliphatic carbocycles. The SMILES string of the molecule is CCOC(=O)NC(C(=O)Nc1cc(F)c(I)c(F)c1)C(C)C. The van der Waals surface area contributed by atoms with Gasteiger partial charge in [0.15, 0.2) is 0 Å². The lowest BCUT2D eigenvalue weighted by atomic mass is 10.0. The molecule has 0 bridgehead atoms. The van der Waals surface area contributed by atoms with Gasteiger partial charge in [0.25, 0.3) is 0 Å². The van der Waals surface area contributed by atoms with Crippen LogP contribution in [-0.4, -0.2) is 24.6 Å². The third-order valence-corrected chi connectivity index (χ3v) is 3.78. The van der Waals surface area contributed by atoms with Crippen molar-refractivity contribution in [2.75, 3.05) is 11.9 Å². The monoisotopic (exact) mass is 426 g/mol. The molecule has 5 nitrogen and oxygen atoms in total. The standard InChI is InChI=1S/C14H17F2IN2O3/c1-4-22-14(21)19-12(7(2)3)13(20)18-8-5-9(15)11(17)10(16)6-8/h5-7,12H,4H2,1-3H3,(H,18,20)(H,19,21). The molecule has 0 radical (unpaired) electrons. The van der Waals surface area contributed by atoms with Crippen LogP contribution in [0.15, 0.2) is 12.1 Å². The molecule has 1 unspecified atom stereocenters. The lowest BCUT2D eigenvalue weighted by molar-refractivity contribution is -0.119. The summed E-state index contributed by atoms with van der Waals surface area (Å²) < 4.78 is 31.5. The van der Waals surface area contributed by atoms with Crippen LogP contribution in [0.2, 0.25) is 0 Å². The number of carbonyl (C=O) groups is 2. The largest absolute Gasteiger partial charge is 0.450 e. The first kappa shape index (κ1) is 18.6. The second kappa shape index (κ2) is 8.25. The lowest BCUT2D eigenvalue weighted by Crippen LogP contribution is -2.47. The summed E-state index contributed by atoms with van der Waals surface area (Å²) in [5, 5.41) is 4.80. The average Bonchev–Trinajstić information content (AvgIpc) is 2.42. The zero-order valence-corrected chi connectivity index (χ0v) is 14.5. The van der Waals surface area contributed by atoms with Gasteiger partial charge in [0, 0.05) is 5.69 Å². The smallest absolute Gasteiger partial charge is 0.407 e. The third-order valence-electron chi connectivity index (χ3n) is 2.75. The molecule has 8 heteroatoms. The molecular weight excluding hydrogens is 409 g/mol. The molecule has 0 saturated heterocycles. The number of carbonyl (C=O) groups excluding carboxylic acids is 2. The molecule has 0 spiro atoms. The van der Waals surface area contributed by atoms with Crippen LogP contribution in [0.25, 0.3) is 0 Å². The Balaban J connectivity index is 2.85. The first-order valence-electron chi connectivity index (χ1n) is 6.65. The van der Waals surface area contributed by atoms with Crippen molar-refractivity contribution in [1.82, 2.24) is 5.32 Å². The number of halogens is 3. The number of hydrogen-bond donors (Lipinski definition) is 2. The maximum absolute atomic E-state index is 13.5. The molecule has 0 heterocycles. The number of anilines is 1. The molecule has 0 aromatic heterocycles. The average molecular weight is 426 g/mol. The zero-order chi connectivity index (χ0) is 16.9. The van der Waals surface area contributed by atoms with Crippen molar-refractivity contribution in [1.29, 1.82) is 0 Å². The summed E-state index contributed by atoms with van der Waals surface area (Å²) in [6.45, 7) is 5.27. The van der Waals surface area contributed by atoms with E-state index in [9.17, 15) is 18.4 Å². The Morgan fingerprint density at radius 1 is 1.27 bits per heavy atom. The van der Waals surface area contributed by atoms with Gasteiger partial charge in [-0.25, -0.2) is 13.6 Å². The Hall–Kier alpha value is -1.45. The van der Waals surface area contributed by atoms with Gasteiger partial charge in [0.1, 0.15) is 17.7 Å². The molecule has 1 atom stereocenters. The van der Waals surface area contributed by atoms with Crippen molar-refractivity contribution in [3.8, 4) is 0 Å². The molecule has 2 N–H and O–H groups in total. The summed E-state index contributed by atoms with van der Waals surface area (Å²) in [5.74, 6) is -2.35. The van der Waals surface area contributed by atoms with Crippen molar-refractivity contribution in [2.24, 2.45) is 5.92 Å². The van der Waals surface area contributed by atoms with Crippen molar-refractivity contribution in [3.05, 3.63) is 27.3 Å².